The Kier molecular flexibility index (Phi) is 8.41. The van der Waals surface area contributed by atoms with Crippen LogP contribution < -0.4 is 20.9 Å². The second-order valence-corrected chi connectivity index (χ2v) is 7.35. The van der Waals surface area contributed by atoms with E-state index in [2.05, 4.69) is 30.8 Å². The summed E-state index contributed by atoms with van der Waals surface area (Å²) in [4.78, 5) is 26.6. The number of rotatable bonds is 10. The van der Waals surface area contributed by atoms with Crippen LogP contribution in [0.4, 0.5) is 0 Å². The maximum absolute atomic E-state index is 11.2. The zero-order chi connectivity index (χ0) is 23.0. The minimum atomic E-state index is -0.644. The van der Waals surface area contributed by atoms with E-state index in [0.717, 1.165) is 35.1 Å². The van der Waals surface area contributed by atoms with Crippen molar-refractivity contribution >= 4 is 11.9 Å². The monoisotopic (exact) mass is 430 g/mol. The molecule has 0 saturated carbocycles. The van der Waals surface area contributed by atoms with Gasteiger partial charge in [0.05, 0.1) is 0 Å². The smallest absolute Gasteiger partial charge is 0.362 e. The molecule has 0 atom stereocenters. The molecule has 2 rings (SSSR count). The maximum Gasteiger partial charge on any atom is 0.362 e. The molecule has 8 nitrogen and oxygen atoms in total. The molecule has 168 valence electrons. The lowest BCUT2D eigenvalue weighted by Gasteiger charge is -2.34. The number of nitrogens with one attached hydrogen (secondary N) is 1. The van der Waals surface area contributed by atoms with Gasteiger partial charge in [-0.25, -0.2) is 10.3 Å². The Bertz CT molecular complexity index is 853. The number of hydrogen-bond acceptors (Lipinski definition) is 7. The minimum Gasteiger partial charge on any atom is -0.483 e. The van der Waals surface area contributed by atoms with Crippen LogP contribution in [-0.4, -0.2) is 30.3 Å². The average Bonchev–Trinajstić information content (AvgIpc) is 2.78. The number of benzene rings is 2. The van der Waals surface area contributed by atoms with Crippen LogP contribution in [0.3, 0.4) is 0 Å². The quantitative estimate of drug-likeness (QED) is 0.391. The Balaban J connectivity index is 2.35. The largest absolute Gasteiger partial charge is 0.483 e. The molecule has 31 heavy (non-hydrogen) atoms. The van der Waals surface area contributed by atoms with Crippen LogP contribution in [0.15, 0.2) is 36.4 Å². The van der Waals surface area contributed by atoms with E-state index in [1.54, 1.807) is 5.48 Å². The fraction of sp³-hybridized carbons (Fsp3) is 0.391. The Labute approximate surface area is 182 Å². The highest BCUT2D eigenvalue weighted by molar-refractivity contribution is 5.76. The van der Waals surface area contributed by atoms with Crippen molar-refractivity contribution in [3.8, 4) is 11.5 Å². The molecule has 0 fully saturated rings. The predicted octanol–water partition coefficient (Wildman–Crippen LogP) is 3.09. The fourth-order valence-electron chi connectivity index (χ4n) is 3.80. The third kappa shape index (κ3) is 5.53. The van der Waals surface area contributed by atoms with Gasteiger partial charge in [0.25, 0.3) is 5.91 Å². The van der Waals surface area contributed by atoms with Crippen LogP contribution in [-0.2, 0) is 19.8 Å². The van der Waals surface area contributed by atoms with Crippen molar-refractivity contribution < 1.29 is 29.1 Å². The van der Waals surface area contributed by atoms with Crippen molar-refractivity contribution in [2.24, 2.45) is 5.90 Å². The van der Waals surface area contributed by atoms with E-state index < -0.39 is 11.9 Å². The standard InChI is InChI=1S/C23H30N2O6/c1-5-23(6-2,17-7-9-19(15(3)11-17)29-13-21(26)25-28)18-8-10-20(16(4)12-18)30-14-22(27)31-24/h7-12,28H,5-6,13-14,24H2,1-4H3,(H,25,26). The Morgan fingerprint density at radius 2 is 1.42 bits per heavy atom. The van der Waals surface area contributed by atoms with Crippen LogP contribution in [0, 0.1) is 13.8 Å². The van der Waals surface area contributed by atoms with E-state index >= 15 is 0 Å². The highest BCUT2D eigenvalue weighted by Crippen LogP contribution is 2.41. The van der Waals surface area contributed by atoms with Crippen molar-refractivity contribution in [3.63, 3.8) is 0 Å². The van der Waals surface area contributed by atoms with Gasteiger partial charge in [0.2, 0.25) is 0 Å². The summed E-state index contributed by atoms with van der Waals surface area (Å²) in [7, 11) is 0. The molecule has 0 aliphatic carbocycles. The highest BCUT2D eigenvalue weighted by atomic mass is 16.7. The van der Waals surface area contributed by atoms with Crippen molar-refractivity contribution in [1.82, 2.24) is 5.48 Å². The van der Waals surface area contributed by atoms with Gasteiger partial charge in [0.15, 0.2) is 13.2 Å². The van der Waals surface area contributed by atoms with Gasteiger partial charge in [-0.15, -0.1) is 0 Å². The van der Waals surface area contributed by atoms with Crippen LogP contribution >= 0.6 is 0 Å². The van der Waals surface area contributed by atoms with E-state index in [-0.39, 0.29) is 18.6 Å². The molecule has 4 N–H and O–H groups in total. The molecular weight excluding hydrogens is 400 g/mol. The molecule has 0 aliphatic rings. The molecule has 2 aromatic rings. The Hall–Kier alpha value is -3.10. The lowest BCUT2D eigenvalue weighted by Crippen LogP contribution is -2.27. The highest BCUT2D eigenvalue weighted by Gasteiger charge is 2.31. The third-order valence-electron chi connectivity index (χ3n) is 5.62. The molecule has 0 aliphatic heterocycles. The number of nitrogens with two attached hydrogens (primary N) is 1. The summed E-state index contributed by atoms with van der Waals surface area (Å²) in [6.07, 6.45) is 1.74. The first-order chi connectivity index (χ1) is 14.8. The van der Waals surface area contributed by atoms with E-state index in [1.165, 1.54) is 0 Å². The van der Waals surface area contributed by atoms with Crippen molar-refractivity contribution in [1.29, 1.82) is 0 Å². The Morgan fingerprint density at radius 3 is 1.81 bits per heavy atom. The topological polar surface area (TPSA) is 120 Å². The lowest BCUT2D eigenvalue weighted by atomic mass is 9.70. The van der Waals surface area contributed by atoms with Gasteiger partial charge < -0.3 is 14.3 Å². The molecule has 0 aromatic heterocycles. The Morgan fingerprint density at radius 1 is 0.935 bits per heavy atom. The van der Waals surface area contributed by atoms with Crippen molar-refractivity contribution in [3.05, 3.63) is 58.7 Å². The molecule has 0 radical (unpaired) electrons. The molecule has 0 saturated heterocycles. The van der Waals surface area contributed by atoms with E-state index in [4.69, 9.17) is 20.6 Å². The van der Waals surface area contributed by atoms with Crippen LogP contribution in [0.25, 0.3) is 0 Å². The number of aryl methyl sites for hydroxylation is 2. The fourth-order valence-corrected chi connectivity index (χ4v) is 3.80. The van der Waals surface area contributed by atoms with Gasteiger partial charge in [-0.1, -0.05) is 38.1 Å². The summed E-state index contributed by atoms with van der Waals surface area (Å²) in [5.74, 6) is 4.77. The number of carbonyl (C=O) groups excluding carboxylic acids is 2. The zero-order valence-electron chi connectivity index (χ0n) is 18.4. The van der Waals surface area contributed by atoms with Crippen molar-refractivity contribution in [2.45, 2.75) is 46.0 Å². The third-order valence-corrected chi connectivity index (χ3v) is 5.62. The molecule has 8 heteroatoms. The zero-order valence-corrected chi connectivity index (χ0v) is 18.4. The average molecular weight is 431 g/mol. The molecule has 1 amide bonds. The van der Waals surface area contributed by atoms with Gasteiger partial charge in [0.1, 0.15) is 11.5 Å². The van der Waals surface area contributed by atoms with Gasteiger partial charge in [-0.05, 0) is 61.1 Å². The minimum absolute atomic E-state index is 0.231. The number of amides is 1. The molecular formula is C23H30N2O6. The maximum atomic E-state index is 11.2. The van der Waals surface area contributed by atoms with E-state index in [1.807, 2.05) is 38.1 Å². The molecule has 0 bridgehead atoms. The van der Waals surface area contributed by atoms with E-state index in [0.29, 0.717) is 11.5 Å². The first-order valence-corrected chi connectivity index (χ1v) is 10.1. The number of ether oxygens (including phenoxy) is 2. The molecule has 0 heterocycles. The van der Waals surface area contributed by atoms with Gasteiger partial charge in [0, 0.05) is 5.41 Å². The summed E-state index contributed by atoms with van der Waals surface area (Å²) >= 11 is 0. The summed E-state index contributed by atoms with van der Waals surface area (Å²) in [6, 6.07) is 11.8. The normalized spacial score (nSPS) is 11.0. The SMILES string of the molecule is CCC(CC)(c1ccc(OCC(=O)NO)c(C)c1)c1ccc(OCC(=O)ON)c(C)c1. The predicted molar refractivity (Wildman–Crippen MR) is 115 cm³/mol. The first-order valence-electron chi connectivity index (χ1n) is 10.1. The number of hydrogen-bond donors (Lipinski definition) is 3. The lowest BCUT2D eigenvalue weighted by molar-refractivity contribution is -0.146. The van der Waals surface area contributed by atoms with Gasteiger partial charge in [-0.2, -0.15) is 5.90 Å². The van der Waals surface area contributed by atoms with Crippen LogP contribution in [0.5, 0.6) is 11.5 Å². The summed E-state index contributed by atoms with van der Waals surface area (Å²) in [6.45, 7) is 7.62. The van der Waals surface area contributed by atoms with E-state index in [9.17, 15) is 9.59 Å². The molecule has 0 unspecified atom stereocenters. The molecule has 0 spiro atoms. The summed E-state index contributed by atoms with van der Waals surface area (Å²) < 4.78 is 11.0. The molecule has 2 aromatic carbocycles. The summed E-state index contributed by atoms with van der Waals surface area (Å²) in [5, 5.41) is 8.62. The summed E-state index contributed by atoms with van der Waals surface area (Å²) in [5.41, 5.74) is 5.39. The number of hydroxylamine groups is 1. The van der Waals surface area contributed by atoms with Crippen LogP contribution in [0.1, 0.15) is 48.9 Å². The van der Waals surface area contributed by atoms with Crippen molar-refractivity contribution in [2.75, 3.05) is 13.2 Å². The van der Waals surface area contributed by atoms with Crippen LogP contribution in [0.2, 0.25) is 0 Å². The number of carbonyl (C=O) groups is 2. The second-order valence-electron chi connectivity index (χ2n) is 7.35. The van der Waals surface area contributed by atoms with Gasteiger partial charge >= 0.3 is 5.97 Å². The first kappa shape index (κ1) is 24.2. The van der Waals surface area contributed by atoms with Gasteiger partial charge in [-0.3, -0.25) is 10.0 Å². The second kappa shape index (κ2) is 10.8.